The molecule has 1 amide bonds. The van der Waals surface area contributed by atoms with Crippen LogP contribution in [0.2, 0.25) is 0 Å². The molecule has 5 heteroatoms. The van der Waals surface area contributed by atoms with Gasteiger partial charge < -0.3 is 10.1 Å². The van der Waals surface area contributed by atoms with Gasteiger partial charge in [0.05, 0.1) is 4.95 Å². The Bertz CT molecular complexity index is 380. The Morgan fingerprint density at radius 1 is 1.43 bits per heavy atom. The molecule has 0 saturated carbocycles. The van der Waals surface area contributed by atoms with E-state index < -0.39 is 5.60 Å². The van der Waals surface area contributed by atoms with E-state index in [1.54, 1.807) is 0 Å². The summed E-state index contributed by atoms with van der Waals surface area (Å²) in [6.45, 7) is 9.50. The van der Waals surface area contributed by atoms with Gasteiger partial charge in [0.2, 0.25) is 0 Å². The summed E-state index contributed by atoms with van der Waals surface area (Å²) in [5.41, 5.74) is -0.436. The first-order chi connectivity index (χ1) is 9.80. The number of carbonyl (C=O) groups is 1. The Morgan fingerprint density at radius 3 is 2.48 bits per heavy atom. The van der Waals surface area contributed by atoms with Gasteiger partial charge in [0.15, 0.2) is 0 Å². The minimum atomic E-state index is -0.436. The molecule has 2 fully saturated rings. The molecule has 3 unspecified atom stereocenters. The van der Waals surface area contributed by atoms with E-state index in [1.165, 1.54) is 12.8 Å². The van der Waals surface area contributed by atoms with E-state index in [9.17, 15) is 4.79 Å². The van der Waals surface area contributed by atoms with Crippen LogP contribution in [0, 0.1) is 0 Å². The van der Waals surface area contributed by atoms with Gasteiger partial charge in [0, 0.05) is 18.1 Å². The van der Waals surface area contributed by atoms with Crippen molar-refractivity contribution in [3.05, 3.63) is 12.7 Å². The minimum absolute atomic E-state index is 0.233. The topological polar surface area (TPSA) is 41.6 Å². The number of carbonyl (C=O) groups excluding carboxylic acids is 1. The third-order valence-electron chi connectivity index (χ3n) is 4.20. The van der Waals surface area contributed by atoms with Crippen LogP contribution in [-0.2, 0) is 4.74 Å². The fourth-order valence-corrected chi connectivity index (χ4v) is 4.46. The molecule has 3 atom stereocenters. The highest BCUT2D eigenvalue weighted by Gasteiger charge is 2.43. The summed E-state index contributed by atoms with van der Waals surface area (Å²) in [6.07, 6.45) is 7.08. The van der Waals surface area contributed by atoms with E-state index in [0.29, 0.717) is 17.0 Å². The number of hydrogen-bond donors (Lipinski definition) is 1. The zero-order valence-corrected chi connectivity index (χ0v) is 14.9. The average molecular weight is 359 g/mol. The number of nitrogens with one attached hydrogen (secondary N) is 1. The quantitative estimate of drug-likeness (QED) is 0.472. The van der Waals surface area contributed by atoms with Crippen molar-refractivity contribution >= 4 is 22.0 Å². The highest BCUT2D eigenvalue weighted by Crippen LogP contribution is 2.39. The fourth-order valence-electron chi connectivity index (χ4n) is 3.52. The fraction of sp³-hybridized carbons (Fsp3) is 0.812. The first-order valence-electron chi connectivity index (χ1n) is 7.82. The van der Waals surface area contributed by atoms with E-state index in [1.807, 2.05) is 26.8 Å². The van der Waals surface area contributed by atoms with Crippen molar-refractivity contribution in [1.29, 1.82) is 0 Å². The number of hydrogen-bond acceptors (Lipinski definition) is 3. The summed E-state index contributed by atoms with van der Waals surface area (Å²) in [7, 11) is 0. The average Bonchev–Trinajstić information content (AvgIpc) is 2.59. The molecule has 0 aromatic rings. The first kappa shape index (κ1) is 16.8. The van der Waals surface area contributed by atoms with Gasteiger partial charge >= 0.3 is 6.09 Å². The molecule has 4 nitrogen and oxygen atoms in total. The Labute approximate surface area is 136 Å². The van der Waals surface area contributed by atoms with Crippen molar-refractivity contribution in [1.82, 2.24) is 10.2 Å². The van der Waals surface area contributed by atoms with Crippen molar-refractivity contribution in [3.63, 3.8) is 0 Å². The molecule has 2 rings (SSSR count). The zero-order chi connectivity index (χ0) is 15.6. The lowest BCUT2D eigenvalue weighted by Crippen LogP contribution is -2.53. The number of amides is 1. The molecule has 0 aliphatic carbocycles. The Morgan fingerprint density at radius 2 is 2.00 bits per heavy atom. The van der Waals surface area contributed by atoms with Crippen LogP contribution < -0.4 is 5.32 Å². The molecule has 2 heterocycles. The largest absolute Gasteiger partial charge is 0.444 e. The molecular formula is C16H27BrN2O2. The summed E-state index contributed by atoms with van der Waals surface area (Å²) < 4.78 is 5.36. The SMILES string of the molecule is C=CCC(Br)N1C2CCC1CC(NC(=O)OC(C)(C)C)C2. The highest BCUT2D eigenvalue weighted by atomic mass is 79.9. The molecule has 2 saturated heterocycles. The van der Waals surface area contributed by atoms with E-state index in [-0.39, 0.29) is 12.1 Å². The lowest BCUT2D eigenvalue weighted by atomic mass is 9.97. The number of halogens is 1. The van der Waals surface area contributed by atoms with Crippen LogP contribution in [0.15, 0.2) is 12.7 Å². The molecule has 120 valence electrons. The third kappa shape index (κ3) is 4.46. The maximum absolute atomic E-state index is 11.9. The van der Waals surface area contributed by atoms with Crippen molar-refractivity contribution < 1.29 is 9.53 Å². The molecule has 21 heavy (non-hydrogen) atoms. The minimum Gasteiger partial charge on any atom is -0.444 e. The molecule has 2 bridgehead atoms. The van der Waals surface area contributed by atoms with Gasteiger partial charge in [-0.2, -0.15) is 0 Å². The number of ether oxygens (including phenoxy) is 1. The summed E-state index contributed by atoms with van der Waals surface area (Å²) in [4.78, 5) is 14.8. The zero-order valence-electron chi connectivity index (χ0n) is 13.3. The maximum Gasteiger partial charge on any atom is 0.407 e. The van der Waals surface area contributed by atoms with Crippen LogP contribution in [0.4, 0.5) is 4.79 Å². The molecular weight excluding hydrogens is 332 g/mol. The summed E-state index contributed by atoms with van der Waals surface area (Å²) in [5, 5.41) is 3.04. The standard InChI is InChI=1S/C16H27BrN2O2/c1-5-6-14(17)19-12-7-8-13(19)10-11(9-12)18-15(20)21-16(2,3)4/h5,11-14H,1,6-10H2,2-4H3,(H,18,20). The molecule has 2 aliphatic rings. The lowest BCUT2D eigenvalue weighted by Gasteiger charge is -2.41. The van der Waals surface area contributed by atoms with Gasteiger partial charge in [-0.3, -0.25) is 4.90 Å². The normalized spacial score (nSPS) is 30.8. The number of rotatable bonds is 4. The smallest absolute Gasteiger partial charge is 0.407 e. The second-order valence-corrected chi connectivity index (χ2v) is 8.16. The van der Waals surface area contributed by atoms with Crippen LogP contribution in [0.1, 0.15) is 52.9 Å². The van der Waals surface area contributed by atoms with Gasteiger partial charge in [0.1, 0.15) is 5.60 Å². The van der Waals surface area contributed by atoms with Crippen molar-refractivity contribution in [2.24, 2.45) is 0 Å². The van der Waals surface area contributed by atoms with Gasteiger partial charge in [-0.25, -0.2) is 4.79 Å². The molecule has 0 aromatic heterocycles. The van der Waals surface area contributed by atoms with Gasteiger partial charge in [0.25, 0.3) is 0 Å². The molecule has 0 radical (unpaired) electrons. The van der Waals surface area contributed by atoms with Crippen LogP contribution in [0.3, 0.4) is 0 Å². The molecule has 0 spiro atoms. The van der Waals surface area contributed by atoms with Crippen LogP contribution >= 0.6 is 15.9 Å². The first-order valence-corrected chi connectivity index (χ1v) is 8.73. The second kappa shape index (κ2) is 6.69. The van der Waals surface area contributed by atoms with E-state index in [0.717, 1.165) is 19.3 Å². The predicted molar refractivity (Wildman–Crippen MR) is 88.6 cm³/mol. The summed E-state index contributed by atoms with van der Waals surface area (Å²) in [5.74, 6) is 0. The molecule has 0 aromatic carbocycles. The Balaban J connectivity index is 1.89. The van der Waals surface area contributed by atoms with Crippen molar-refractivity contribution in [3.8, 4) is 0 Å². The Kier molecular flexibility index (Phi) is 5.36. The van der Waals surface area contributed by atoms with E-state index in [4.69, 9.17) is 4.74 Å². The lowest BCUT2D eigenvalue weighted by molar-refractivity contribution is 0.0437. The predicted octanol–water partition coefficient (Wildman–Crippen LogP) is 3.80. The van der Waals surface area contributed by atoms with Crippen LogP contribution in [0.25, 0.3) is 0 Å². The number of alkyl halides is 1. The van der Waals surface area contributed by atoms with Gasteiger partial charge in [-0.05, 0) is 52.9 Å². The Hall–Kier alpha value is -0.550. The number of fused-ring (bicyclic) bond motifs is 2. The monoisotopic (exact) mass is 358 g/mol. The van der Waals surface area contributed by atoms with E-state index >= 15 is 0 Å². The molecule has 2 aliphatic heterocycles. The number of alkyl carbamates (subject to hydrolysis) is 1. The van der Waals surface area contributed by atoms with Gasteiger partial charge in [-0.1, -0.05) is 22.0 Å². The van der Waals surface area contributed by atoms with Crippen LogP contribution in [-0.4, -0.2) is 39.7 Å². The number of piperidine rings is 1. The van der Waals surface area contributed by atoms with Crippen molar-refractivity contribution in [2.75, 3.05) is 0 Å². The number of nitrogens with zero attached hydrogens (tertiary/aromatic N) is 1. The highest BCUT2D eigenvalue weighted by molar-refractivity contribution is 9.09. The van der Waals surface area contributed by atoms with Crippen LogP contribution in [0.5, 0.6) is 0 Å². The third-order valence-corrected chi connectivity index (χ3v) is 5.04. The summed E-state index contributed by atoms with van der Waals surface area (Å²) in [6, 6.07) is 1.33. The molecule has 1 N–H and O–H groups in total. The second-order valence-electron chi connectivity index (χ2n) is 7.11. The van der Waals surface area contributed by atoms with Gasteiger partial charge in [-0.15, -0.1) is 6.58 Å². The summed E-state index contributed by atoms with van der Waals surface area (Å²) >= 11 is 3.77. The maximum atomic E-state index is 11.9. The van der Waals surface area contributed by atoms with Crippen molar-refractivity contribution in [2.45, 2.75) is 81.6 Å². The van der Waals surface area contributed by atoms with E-state index in [2.05, 4.69) is 32.7 Å².